The lowest BCUT2D eigenvalue weighted by atomic mass is 9.86. The Morgan fingerprint density at radius 3 is 2.70 bits per heavy atom. The van der Waals surface area contributed by atoms with Gasteiger partial charge in [0.25, 0.3) is 5.09 Å². The van der Waals surface area contributed by atoms with Gasteiger partial charge >= 0.3 is 5.97 Å². The zero-order chi connectivity index (χ0) is 34.0. The number of allylic oxidation sites excluding steroid dienone is 1. The van der Waals surface area contributed by atoms with E-state index in [1.54, 1.807) is 25.3 Å². The van der Waals surface area contributed by atoms with Gasteiger partial charge in [-0.3, -0.25) is 9.59 Å². The third-order valence-electron chi connectivity index (χ3n) is 8.40. The molecule has 254 valence electrons. The van der Waals surface area contributed by atoms with Crippen LogP contribution in [0, 0.1) is 33.8 Å². The molecule has 0 amide bonds. The molecule has 0 saturated heterocycles. The Morgan fingerprint density at radius 2 is 1.96 bits per heavy atom. The fourth-order valence-electron chi connectivity index (χ4n) is 5.87. The van der Waals surface area contributed by atoms with Crippen LogP contribution in [0.15, 0.2) is 54.6 Å². The topological polar surface area (TPSA) is 134 Å². The van der Waals surface area contributed by atoms with Gasteiger partial charge in [-0.05, 0) is 74.5 Å². The molecule has 5 atom stereocenters. The Bertz CT molecular complexity index is 1400. The Balaban J connectivity index is 0.000000386. The van der Waals surface area contributed by atoms with E-state index in [-0.39, 0.29) is 24.6 Å². The first kappa shape index (κ1) is 37.3. The smallest absolute Gasteiger partial charge is 0.305 e. The van der Waals surface area contributed by atoms with E-state index in [1.807, 2.05) is 19.9 Å². The number of benzene rings is 2. The van der Waals surface area contributed by atoms with Crippen molar-refractivity contribution in [2.24, 2.45) is 11.8 Å². The fraction of sp³-hybridized carbons (Fsp3) is 0.514. The van der Waals surface area contributed by atoms with Crippen LogP contribution in [0.5, 0.6) is 5.75 Å². The lowest BCUT2D eigenvalue weighted by molar-refractivity contribution is -0.763. The molecule has 47 heavy (non-hydrogen) atoms. The maximum Gasteiger partial charge on any atom is 0.305 e. The minimum absolute atomic E-state index is 0.122. The van der Waals surface area contributed by atoms with Crippen LogP contribution >= 0.6 is 0 Å². The summed E-state index contributed by atoms with van der Waals surface area (Å²) in [5, 5.41) is 19.5. The van der Waals surface area contributed by atoms with Gasteiger partial charge in [0, 0.05) is 43.6 Å². The lowest BCUT2D eigenvalue weighted by Crippen LogP contribution is -2.17. The van der Waals surface area contributed by atoms with Crippen molar-refractivity contribution in [2.45, 2.75) is 89.9 Å². The predicted molar refractivity (Wildman–Crippen MR) is 177 cm³/mol. The zero-order valence-corrected chi connectivity index (χ0v) is 27.6. The molecule has 0 spiro atoms. The summed E-state index contributed by atoms with van der Waals surface area (Å²) in [7, 11) is 1.68. The van der Waals surface area contributed by atoms with Gasteiger partial charge in [0.15, 0.2) is 0 Å². The number of nitrogens with zero attached hydrogens (tertiary/aromatic N) is 1. The molecular weight excluding hydrogens is 602 g/mol. The highest BCUT2D eigenvalue weighted by atomic mass is 16.9. The number of aliphatic hydroxyl groups excluding tert-OH is 1. The monoisotopic (exact) mass is 649 g/mol. The number of ether oxygens (including phenoxy) is 3. The third-order valence-corrected chi connectivity index (χ3v) is 8.40. The maximum absolute atomic E-state index is 12.0. The van der Waals surface area contributed by atoms with Gasteiger partial charge in [0.2, 0.25) is 0 Å². The number of unbranched alkanes of at least 4 members (excludes halogenated alkanes) is 1. The van der Waals surface area contributed by atoms with Crippen LogP contribution < -0.4 is 4.74 Å². The van der Waals surface area contributed by atoms with Crippen LogP contribution in [0.2, 0.25) is 0 Å². The van der Waals surface area contributed by atoms with E-state index >= 15 is 0 Å². The second kappa shape index (κ2) is 20.1. The van der Waals surface area contributed by atoms with E-state index < -0.39 is 11.2 Å². The summed E-state index contributed by atoms with van der Waals surface area (Å²) in [4.78, 5) is 36.3. The number of aliphatic hydroxyl groups is 1. The summed E-state index contributed by atoms with van der Waals surface area (Å²) in [6, 6.07) is 12.8. The zero-order valence-electron chi connectivity index (χ0n) is 27.6. The largest absolute Gasteiger partial charge is 0.489 e. The normalized spacial score (nSPS) is 18.8. The highest BCUT2D eigenvalue weighted by Crippen LogP contribution is 2.52. The number of carbonyl (C=O) groups is 2. The van der Waals surface area contributed by atoms with Gasteiger partial charge in [-0.25, -0.2) is 0 Å². The van der Waals surface area contributed by atoms with Gasteiger partial charge in [0.1, 0.15) is 24.7 Å². The van der Waals surface area contributed by atoms with Gasteiger partial charge in [-0.1, -0.05) is 55.5 Å². The molecule has 0 aromatic heterocycles. The van der Waals surface area contributed by atoms with Gasteiger partial charge in [0.05, 0.1) is 12.7 Å². The summed E-state index contributed by atoms with van der Waals surface area (Å²) in [5.41, 5.74) is 3.52. The summed E-state index contributed by atoms with van der Waals surface area (Å²) in [6.07, 6.45) is 11.1. The molecule has 2 aromatic carbocycles. The van der Waals surface area contributed by atoms with Crippen molar-refractivity contribution >= 4 is 12.3 Å². The number of hydrogen-bond acceptors (Lipinski definition) is 9. The van der Waals surface area contributed by atoms with E-state index in [9.17, 15) is 24.8 Å². The molecule has 4 rings (SSSR count). The molecule has 10 nitrogen and oxygen atoms in total. The van der Waals surface area contributed by atoms with Crippen molar-refractivity contribution in [2.75, 3.05) is 20.3 Å². The molecule has 1 N–H and O–H groups in total. The van der Waals surface area contributed by atoms with Crippen LogP contribution in [0.3, 0.4) is 0 Å². The van der Waals surface area contributed by atoms with Crippen molar-refractivity contribution in [3.8, 4) is 17.6 Å². The van der Waals surface area contributed by atoms with E-state index in [2.05, 4.69) is 41.0 Å². The van der Waals surface area contributed by atoms with Crippen molar-refractivity contribution < 1.29 is 38.8 Å². The number of methoxy groups -OCH3 is 1. The molecule has 10 heteroatoms. The first-order valence-electron chi connectivity index (χ1n) is 16.3. The summed E-state index contributed by atoms with van der Waals surface area (Å²) in [5.74, 6) is 7.66. The Kier molecular flexibility index (Phi) is 16.0. The highest BCUT2D eigenvalue weighted by molar-refractivity contribution is 5.74. The van der Waals surface area contributed by atoms with E-state index in [0.29, 0.717) is 55.3 Å². The van der Waals surface area contributed by atoms with E-state index in [1.165, 1.54) is 17.2 Å². The average molecular weight is 650 g/mol. The quantitative estimate of drug-likeness (QED) is 0.0392. The molecule has 2 aromatic rings. The van der Waals surface area contributed by atoms with Crippen LogP contribution in [0.1, 0.15) is 91.8 Å². The Hall–Kier alpha value is -4.20. The number of esters is 1. The lowest BCUT2D eigenvalue weighted by Gasteiger charge is -2.17. The molecule has 1 aliphatic carbocycles. The van der Waals surface area contributed by atoms with Crippen molar-refractivity contribution in [1.82, 2.24) is 0 Å². The highest BCUT2D eigenvalue weighted by Gasteiger charge is 2.44. The second-order valence-electron chi connectivity index (χ2n) is 11.9. The van der Waals surface area contributed by atoms with Crippen molar-refractivity contribution in [3.63, 3.8) is 0 Å². The number of rotatable bonds is 17. The second-order valence-corrected chi connectivity index (χ2v) is 11.9. The molecule has 1 saturated carbocycles. The number of hydrogen-bond donors (Lipinski definition) is 1. The molecule has 0 bridgehead atoms. The summed E-state index contributed by atoms with van der Waals surface area (Å²) in [6.45, 7) is 4.90. The van der Waals surface area contributed by atoms with Crippen LogP contribution in [0.4, 0.5) is 0 Å². The van der Waals surface area contributed by atoms with Gasteiger partial charge < -0.3 is 24.2 Å². The third kappa shape index (κ3) is 12.2. The first-order chi connectivity index (χ1) is 22.8. The SMILES string of the molecule is CC#CCC(C)C(O)/C=C/C1CCC2Oc3c(CCCC(=O)OCCCCOC)cccc3C12.O=Cc1cccc(CO[N+](=O)[O-])c1. The molecule has 1 heterocycles. The molecular formula is C37H47NO9. The van der Waals surface area contributed by atoms with Crippen LogP contribution in [0.25, 0.3) is 0 Å². The summed E-state index contributed by atoms with van der Waals surface area (Å²) < 4.78 is 16.7. The van der Waals surface area contributed by atoms with Crippen molar-refractivity contribution in [3.05, 3.63) is 87.0 Å². The predicted octanol–water partition coefficient (Wildman–Crippen LogP) is 6.41. The molecule has 0 radical (unpaired) electrons. The maximum atomic E-state index is 12.0. The Labute approximate surface area is 277 Å². The van der Waals surface area contributed by atoms with Gasteiger partial charge in [-0.15, -0.1) is 22.0 Å². The van der Waals surface area contributed by atoms with Crippen LogP contribution in [-0.4, -0.2) is 55.0 Å². The molecule has 1 aliphatic heterocycles. The van der Waals surface area contributed by atoms with E-state index in [0.717, 1.165) is 44.3 Å². The summed E-state index contributed by atoms with van der Waals surface area (Å²) >= 11 is 0. The minimum Gasteiger partial charge on any atom is -0.489 e. The first-order valence-corrected chi connectivity index (χ1v) is 16.3. The number of fused-ring (bicyclic) bond motifs is 3. The van der Waals surface area contributed by atoms with Crippen LogP contribution in [-0.2, 0) is 32.1 Å². The fourth-order valence-corrected chi connectivity index (χ4v) is 5.87. The number of aryl methyl sites for hydroxylation is 1. The van der Waals surface area contributed by atoms with E-state index in [4.69, 9.17) is 14.2 Å². The van der Waals surface area contributed by atoms with Crippen molar-refractivity contribution in [1.29, 1.82) is 0 Å². The molecule has 2 aliphatic rings. The average Bonchev–Trinajstić information content (AvgIpc) is 3.65. The standard InChI is InChI=1S/C29H40O5.C8H7NO4/c1-4-5-10-21(2)25(30)17-15-22-16-18-26-28(22)24-13-8-11-23(29(24)34-26)12-9-14-27(31)33-20-7-6-19-32-3;10-5-7-2-1-3-8(4-7)6-13-9(11)12/h8,11,13,15,17,21-22,25-26,28,30H,6-7,9-10,12,14,16,18-20H2,1-3H3;1-5H,6H2/b17-15+;. The molecule has 1 fully saturated rings. The number of para-hydroxylation sites is 1. The van der Waals surface area contributed by atoms with Gasteiger partial charge in [-0.2, -0.15) is 0 Å². The minimum atomic E-state index is -0.867. The number of carbonyl (C=O) groups excluding carboxylic acids is 2. The number of aldehydes is 1. The Morgan fingerprint density at radius 1 is 1.17 bits per heavy atom. The molecule has 5 unspecified atom stereocenters.